The van der Waals surface area contributed by atoms with E-state index in [1.807, 2.05) is 0 Å². The van der Waals surface area contributed by atoms with Gasteiger partial charge in [-0.3, -0.25) is 9.89 Å². The largest absolute Gasteiger partial charge is 0.361 e. The lowest BCUT2D eigenvalue weighted by molar-refractivity contribution is 0.0949. The SMILES string of the molecule is Cc1oncc1C(=O)NCc1cn[nH]c1. The number of amides is 1. The van der Waals surface area contributed by atoms with E-state index in [1.54, 1.807) is 19.3 Å². The summed E-state index contributed by atoms with van der Waals surface area (Å²) >= 11 is 0. The molecule has 0 fully saturated rings. The summed E-state index contributed by atoms with van der Waals surface area (Å²) in [4.78, 5) is 11.6. The molecule has 6 heteroatoms. The number of aromatic amines is 1. The zero-order chi connectivity index (χ0) is 10.7. The molecule has 15 heavy (non-hydrogen) atoms. The Labute approximate surface area is 85.7 Å². The lowest BCUT2D eigenvalue weighted by atomic mass is 10.2. The highest BCUT2D eigenvalue weighted by Gasteiger charge is 2.11. The van der Waals surface area contributed by atoms with Gasteiger partial charge in [0.15, 0.2) is 0 Å². The van der Waals surface area contributed by atoms with Crippen molar-refractivity contribution in [2.75, 3.05) is 0 Å². The van der Waals surface area contributed by atoms with Crippen LogP contribution in [0.3, 0.4) is 0 Å². The highest BCUT2D eigenvalue weighted by Crippen LogP contribution is 2.05. The Morgan fingerprint density at radius 2 is 2.47 bits per heavy atom. The van der Waals surface area contributed by atoms with E-state index in [1.165, 1.54) is 6.20 Å². The second-order valence-corrected chi connectivity index (χ2v) is 3.08. The van der Waals surface area contributed by atoms with E-state index < -0.39 is 0 Å². The third-order valence-corrected chi connectivity index (χ3v) is 2.00. The van der Waals surface area contributed by atoms with Crippen LogP contribution in [-0.2, 0) is 6.54 Å². The second-order valence-electron chi connectivity index (χ2n) is 3.08. The summed E-state index contributed by atoms with van der Waals surface area (Å²) in [5.41, 5.74) is 1.37. The molecule has 2 heterocycles. The van der Waals surface area contributed by atoms with Gasteiger partial charge in [0, 0.05) is 18.3 Å². The molecule has 0 saturated heterocycles. The Balaban J connectivity index is 1.96. The van der Waals surface area contributed by atoms with Gasteiger partial charge in [-0.05, 0) is 6.92 Å². The average Bonchev–Trinajstić information content (AvgIpc) is 2.84. The third kappa shape index (κ3) is 2.04. The van der Waals surface area contributed by atoms with E-state index in [0.29, 0.717) is 17.9 Å². The van der Waals surface area contributed by atoms with Crippen molar-refractivity contribution < 1.29 is 9.32 Å². The fraction of sp³-hybridized carbons (Fsp3) is 0.222. The number of hydrogen-bond acceptors (Lipinski definition) is 4. The number of nitrogens with zero attached hydrogens (tertiary/aromatic N) is 2. The van der Waals surface area contributed by atoms with Gasteiger partial charge in [0.25, 0.3) is 5.91 Å². The predicted octanol–water partition coefficient (Wildman–Crippen LogP) is 0.636. The van der Waals surface area contributed by atoms with Crippen molar-refractivity contribution in [3.05, 3.63) is 35.5 Å². The van der Waals surface area contributed by atoms with E-state index in [0.717, 1.165) is 5.56 Å². The van der Waals surface area contributed by atoms with E-state index in [2.05, 4.69) is 20.7 Å². The van der Waals surface area contributed by atoms with E-state index >= 15 is 0 Å². The van der Waals surface area contributed by atoms with Gasteiger partial charge in [0.1, 0.15) is 11.3 Å². The van der Waals surface area contributed by atoms with E-state index in [4.69, 9.17) is 4.52 Å². The lowest BCUT2D eigenvalue weighted by Gasteiger charge is -2.00. The molecule has 2 aromatic rings. The fourth-order valence-corrected chi connectivity index (χ4v) is 1.17. The molecular formula is C9H10N4O2. The number of H-pyrrole nitrogens is 1. The van der Waals surface area contributed by atoms with Crippen LogP contribution < -0.4 is 5.32 Å². The zero-order valence-corrected chi connectivity index (χ0v) is 8.15. The van der Waals surface area contributed by atoms with Crippen LogP contribution in [0.25, 0.3) is 0 Å². The summed E-state index contributed by atoms with van der Waals surface area (Å²) in [5.74, 6) is 0.314. The number of rotatable bonds is 3. The molecule has 0 bridgehead atoms. The molecule has 0 saturated carbocycles. The molecule has 2 N–H and O–H groups in total. The maximum absolute atomic E-state index is 11.6. The summed E-state index contributed by atoms with van der Waals surface area (Å²) in [6.45, 7) is 2.12. The van der Waals surface area contributed by atoms with Crippen LogP contribution in [0.2, 0.25) is 0 Å². The summed E-state index contributed by atoms with van der Waals surface area (Å²) in [5, 5.41) is 12.7. The number of carbonyl (C=O) groups excluding carboxylic acids is 1. The van der Waals surface area contributed by atoms with Gasteiger partial charge in [-0.1, -0.05) is 5.16 Å². The molecule has 6 nitrogen and oxygen atoms in total. The van der Waals surface area contributed by atoms with Gasteiger partial charge in [-0.25, -0.2) is 0 Å². The first kappa shape index (κ1) is 9.45. The van der Waals surface area contributed by atoms with Crippen molar-refractivity contribution in [2.24, 2.45) is 0 Å². The van der Waals surface area contributed by atoms with Crippen molar-refractivity contribution in [3.8, 4) is 0 Å². The minimum atomic E-state index is -0.199. The first-order valence-corrected chi connectivity index (χ1v) is 4.44. The monoisotopic (exact) mass is 206 g/mol. The number of aromatic nitrogens is 3. The number of carbonyl (C=O) groups is 1. The highest BCUT2D eigenvalue weighted by molar-refractivity contribution is 5.94. The number of nitrogens with one attached hydrogen (secondary N) is 2. The molecule has 0 atom stereocenters. The van der Waals surface area contributed by atoms with Crippen LogP contribution in [0.1, 0.15) is 21.7 Å². The third-order valence-electron chi connectivity index (χ3n) is 2.00. The summed E-state index contributed by atoms with van der Waals surface area (Å²) < 4.78 is 4.79. The fourth-order valence-electron chi connectivity index (χ4n) is 1.17. The lowest BCUT2D eigenvalue weighted by Crippen LogP contribution is -2.22. The minimum Gasteiger partial charge on any atom is -0.361 e. The Bertz CT molecular complexity index is 446. The van der Waals surface area contributed by atoms with Crippen LogP contribution in [0.5, 0.6) is 0 Å². The van der Waals surface area contributed by atoms with E-state index in [-0.39, 0.29) is 5.91 Å². The van der Waals surface area contributed by atoms with Gasteiger partial charge < -0.3 is 9.84 Å². The summed E-state index contributed by atoms with van der Waals surface area (Å²) in [7, 11) is 0. The van der Waals surface area contributed by atoms with Crippen molar-refractivity contribution in [3.63, 3.8) is 0 Å². The maximum atomic E-state index is 11.6. The van der Waals surface area contributed by atoms with Crippen molar-refractivity contribution in [1.82, 2.24) is 20.7 Å². The Kier molecular flexibility index (Phi) is 2.49. The highest BCUT2D eigenvalue weighted by atomic mass is 16.5. The Morgan fingerprint density at radius 3 is 3.07 bits per heavy atom. The van der Waals surface area contributed by atoms with Crippen LogP contribution in [0, 0.1) is 6.92 Å². The van der Waals surface area contributed by atoms with E-state index in [9.17, 15) is 4.79 Å². The molecule has 1 amide bonds. The molecule has 0 aliphatic rings. The molecule has 0 unspecified atom stereocenters. The van der Waals surface area contributed by atoms with Gasteiger partial charge in [-0.15, -0.1) is 0 Å². The molecule has 2 aromatic heterocycles. The van der Waals surface area contributed by atoms with Crippen molar-refractivity contribution >= 4 is 5.91 Å². The first-order valence-electron chi connectivity index (χ1n) is 4.44. The van der Waals surface area contributed by atoms with Crippen LogP contribution in [-0.4, -0.2) is 21.3 Å². The molecule has 78 valence electrons. The van der Waals surface area contributed by atoms with Gasteiger partial charge in [-0.2, -0.15) is 5.10 Å². The van der Waals surface area contributed by atoms with Gasteiger partial charge >= 0.3 is 0 Å². The van der Waals surface area contributed by atoms with Crippen molar-refractivity contribution in [1.29, 1.82) is 0 Å². The first-order chi connectivity index (χ1) is 7.27. The number of hydrogen-bond donors (Lipinski definition) is 2. The molecule has 0 radical (unpaired) electrons. The molecular weight excluding hydrogens is 196 g/mol. The Hall–Kier alpha value is -2.11. The van der Waals surface area contributed by atoms with Gasteiger partial charge in [0.2, 0.25) is 0 Å². The van der Waals surface area contributed by atoms with Crippen LogP contribution >= 0.6 is 0 Å². The Morgan fingerprint density at radius 1 is 1.60 bits per heavy atom. The summed E-state index contributed by atoms with van der Waals surface area (Å²) in [6.07, 6.45) is 4.78. The standard InChI is InChI=1S/C9H10N4O2/c1-6-8(5-13-15-6)9(14)10-2-7-3-11-12-4-7/h3-5H,2H2,1H3,(H,10,14)(H,11,12). The van der Waals surface area contributed by atoms with Crippen LogP contribution in [0.4, 0.5) is 0 Å². The zero-order valence-electron chi connectivity index (χ0n) is 8.15. The normalized spacial score (nSPS) is 10.2. The molecule has 0 aromatic carbocycles. The van der Waals surface area contributed by atoms with Gasteiger partial charge in [0.05, 0.1) is 12.4 Å². The second kappa shape index (κ2) is 3.95. The topological polar surface area (TPSA) is 83.8 Å². The maximum Gasteiger partial charge on any atom is 0.256 e. The number of aryl methyl sites for hydroxylation is 1. The molecule has 0 aliphatic heterocycles. The van der Waals surface area contributed by atoms with Crippen molar-refractivity contribution in [2.45, 2.75) is 13.5 Å². The quantitative estimate of drug-likeness (QED) is 0.771. The van der Waals surface area contributed by atoms with Crippen LogP contribution in [0.15, 0.2) is 23.1 Å². The smallest absolute Gasteiger partial charge is 0.256 e. The molecule has 0 aliphatic carbocycles. The molecule has 0 spiro atoms. The molecule has 2 rings (SSSR count). The summed E-state index contributed by atoms with van der Waals surface area (Å²) in [6, 6.07) is 0. The minimum absolute atomic E-state index is 0.199. The predicted molar refractivity (Wildman–Crippen MR) is 51.0 cm³/mol. The average molecular weight is 206 g/mol.